The third-order valence-corrected chi connectivity index (χ3v) is 3.59. The number of hydrogen-bond donors (Lipinski definition) is 0. The number of halogens is 2. The third kappa shape index (κ3) is 3.82. The molecule has 0 aliphatic carbocycles. The smallest absolute Gasteiger partial charge is 0.256 e. The van der Waals surface area contributed by atoms with Gasteiger partial charge >= 0.3 is 0 Å². The number of amides is 1. The summed E-state index contributed by atoms with van der Waals surface area (Å²) in [6.45, 7) is 2.52. The summed E-state index contributed by atoms with van der Waals surface area (Å²) in [5.41, 5.74) is 2.24. The summed E-state index contributed by atoms with van der Waals surface area (Å²) < 4.78 is 13.7. The van der Waals surface area contributed by atoms with E-state index >= 15 is 0 Å². The fraction of sp³-hybridized carbons (Fsp3) is 0.235. The Bertz CT molecular complexity index is 640. The molecule has 0 saturated carbocycles. The minimum atomic E-state index is -0.558. The molecule has 0 unspecified atom stereocenters. The summed E-state index contributed by atoms with van der Waals surface area (Å²) in [7, 11) is 1.65. The van der Waals surface area contributed by atoms with E-state index in [-0.39, 0.29) is 11.5 Å². The maximum Gasteiger partial charge on any atom is 0.256 e. The molecule has 21 heavy (non-hydrogen) atoms. The van der Waals surface area contributed by atoms with Crippen LogP contribution in [0.4, 0.5) is 4.39 Å². The highest BCUT2D eigenvalue weighted by molar-refractivity contribution is 6.30. The van der Waals surface area contributed by atoms with Crippen molar-refractivity contribution >= 4 is 17.5 Å². The maximum absolute atomic E-state index is 13.7. The van der Waals surface area contributed by atoms with Gasteiger partial charge in [0.1, 0.15) is 5.82 Å². The van der Waals surface area contributed by atoms with Gasteiger partial charge in [0.2, 0.25) is 0 Å². The molecule has 0 heterocycles. The van der Waals surface area contributed by atoms with Crippen LogP contribution in [-0.2, 0) is 13.0 Å². The van der Waals surface area contributed by atoms with Crippen LogP contribution < -0.4 is 0 Å². The molecule has 0 radical (unpaired) electrons. The van der Waals surface area contributed by atoms with Crippen LogP contribution in [0.3, 0.4) is 0 Å². The van der Waals surface area contributed by atoms with E-state index in [1.807, 2.05) is 24.3 Å². The predicted octanol–water partition coefficient (Wildman–Crippen LogP) is 4.31. The van der Waals surface area contributed by atoms with Crippen molar-refractivity contribution in [2.45, 2.75) is 19.9 Å². The summed E-state index contributed by atoms with van der Waals surface area (Å²) in [6.07, 6.45) is 0.975. The number of hydrogen-bond acceptors (Lipinski definition) is 1. The lowest BCUT2D eigenvalue weighted by molar-refractivity contribution is 0.0780. The van der Waals surface area contributed by atoms with Crippen molar-refractivity contribution in [1.82, 2.24) is 4.90 Å². The van der Waals surface area contributed by atoms with E-state index in [4.69, 9.17) is 11.6 Å². The number of benzene rings is 2. The second kappa shape index (κ2) is 6.72. The molecule has 2 aromatic rings. The highest BCUT2D eigenvalue weighted by Gasteiger charge is 2.16. The highest BCUT2D eigenvalue weighted by atomic mass is 35.5. The molecule has 0 N–H and O–H groups in total. The fourth-order valence-corrected chi connectivity index (χ4v) is 2.27. The molecule has 0 bridgehead atoms. The molecule has 0 aromatic heterocycles. The van der Waals surface area contributed by atoms with Gasteiger partial charge in [0.25, 0.3) is 5.91 Å². The number of carbonyl (C=O) groups excluding carboxylic acids is 1. The van der Waals surface area contributed by atoms with Gasteiger partial charge in [0.15, 0.2) is 0 Å². The lowest BCUT2D eigenvalue weighted by atomic mass is 10.1. The van der Waals surface area contributed by atoms with E-state index in [9.17, 15) is 9.18 Å². The van der Waals surface area contributed by atoms with Gasteiger partial charge in [-0.3, -0.25) is 4.79 Å². The van der Waals surface area contributed by atoms with Crippen molar-refractivity contribution in [2.75, 3.05) is 7.05 Å². The van der Waals surface area contributed by atoms with Crippen molar-refractivity contribution < 1.29 is 9.18 Å². The Morgan fingerprint density at radius 2 is 1.76 bits per heavy atom. The van der Waals surface area contributed by atoms with Crippen molar-refractivity contribution in [2.24, 2.45) is 0 Å². The van der Waals surface area contributed by atoms with E-state index in [0.717, 1.165) is 12.0 Å². The standard InChI is InChI=1S/C17H17ClFNO/c1-3-12-4-6-13(7-5-12)11-20(2)17(21)15-10-14(18)8-9-16(15)19/h4-10H,3,11H2,1-2H3. The molecular weight excluding hydrogens is 289 g/mol. The number of aryl methyl sites for hydroxylation is 1. The summed E-state index contributed by atoms with van der Waals surface area (Å²) in [6, 6.07) is 12.0. The summed E-state index contributed by atoms with van der Waals surface area (Å²) in [4.78, 5) is 13.8. The van der Waals surface area contributed by atoms with Crippen molar-refractivity contribution in [3.63, 3.8) is 0 Å². The molecule has 2 rings (SSSR count). The topological polar surface area (TPSA) is 20.3 Å². The first-order valence-corrected chi connectivity index (χ1v) is 7.17. The lowest BCUT2D eigenvalue weighted by Gasteiger charge is -2.18. The second-order valence-corrected chi connectivity index (χ2v) is 5.39. The van der Waals surface area contributed by atoms with Crippen molar-refractivity contribution in [3.05, 3.63) is 70.0 Å². The second-order valence-electron chi connectivity index (χ2n) is 4.96. The van der Waals surface area contributed by atoms with Crippen LogP contribution in [0, 0.1) is 5.82 Å². The van der Waals surface area contributed by atoms with Gasteiger partial charge in [-0.2, -0.15) is 0 Å². The minimum Gasteiger partial charge on any atom is -0.337 e. The van der Waals surface area contributed by atoms with Gasteiger partial charge in [-0.05, 0) is 35.7 Å². The first-order valence-electron chi connectivity index (χ1n) is 6.79. The normalized spacial score (nSPS) is 10.5. The molecule has 0 atom stereocenters. The molecule has 0 aliphatic rings. The Morgan fingerprint density at radius 1 is 1.14 bits per heavy atom. The third-order valence-electron chi connectivity index (χ3n) is 3.36. The summed E-state index contributed by atoms with van der Waals surface area (Å²) in [5, 5.41) is 0.348. The van der Waals surface area contributed by atoms with Crippen LogP contribution in [0.15, 0.2) is 42.5 Å². The molecule has 4 heteroatoms. The molecule has 110 valence electrons. The van der Waals surface area contributed by atoms with E-state index < -0.39 is 5.82 Å². The molecule has 2 nitrogen and oxygen atoms in total. The van der Waals surface area contributed by atoms with Crippen molar-refractivity contribution in [3.8, 4) is 0 Å². The number of rotatable bonds is 4. The quantitative estimate of drug-likeness (QED) is 0.824. The molecular formula is C17H17ClFNO. The van der Waals surface area contributed by atoms with E-state index in [0.29, 0.717) is 11.6 Å². The zero-order valence-electron chi connectivity index (χ0n) is 12.1. The van der Waals surface area contributed by atoms with Gasteiger partial charge in [0, 0.05) is 18.6 Å². The molecule has 0 aliphatic heterocycles. The van der Waals surface area contributed by atoms with Gasteiger partial charge in [-0.25, -0.2) is 4.39 Å². The van der Waals surface area contributed by atoms with Crippen LogP contribution in [0.5, 0.6) is 0 Å². The SMILES string of the molecule is CCc1ccc(CN(C)C(=O)c2cc(Cl)ccc2F)cc1. The van der Waals surface area contributed by atoms with Crippen LogP contribution in [0.25, 0.3) is 0 Å². The molecule has 0 fully saturated rings. The van der Waals surface area contributed by atoms with Crippen LogP contribution >= 0.6 is 11.6 Å². The van der Waals surface area contributed by atoms with E-state index in [2.05, 4.69) is 6.92 Å². The van der Waals surface area contributed by atoms with E-state index in [1.165, 1.54) is 28.7 Å². The molecule has 1 amide bonds. The molecule has 2 aromatic carbocycles. The Kier molecular flexibility index (Phi) is 4.97. The monoisotopic (exact) mass is 305 g/mol. The predicted molar refractivity (Wildman–Crippen MR) is 83.0 cm³/mol. The Labute approximate surface area is 129 Å². The Morgan fingerprint density at radius 3 is 2.38 bits per heavy atom. The summed E-state index contributed by atoms with van der Waals surface area (Å²) >= 11 is 5.82. The van der Waals surface area contributed by atoms with Gasteiger partial charge in [-0.1, -0.05) is 42.8 Å². The van der Waals surface area contributed by atoms with Gasteiger partial charge in [-0.15, -0.1) is 0 Å². The first-order chi connectivity index (χ1) is 10.0. The first kappa shape index (κ1) is 15.5. The minimum absolute atomic E-state index is 0.00446. The molecule has 0 spiro atoms. The highest BCUT2D eigenvalue weighted by Crippen LogP contribution is 2.17. The van der Waals surface area contributed by atoms with Gasteiger partial charge in [0.05, 0.1) is 5.56 Å². The average molecular weight is 306 g/mol. The number of carbonyl (C=O) groups is 1. The zero-order chi connectivity index (χ0) is 15.4. The zero-order valence-corrected chi connectivity index (χ0v) is 12.8. The van der Waals surface area contributed by atoms with E-state index in [1.54, 1.807) is 7.05 Å². The average Bonchev–Trinajstić information content (AvgIpc) is 2.49. The largest absolute Gasteiger partial charge is 0.337 e. The van der Waals surface area contributed by atoms with Gasteiger partial charge < -0.3 is 4.90 Å². The van der Waals surface area contributed by atoms with Crippen molar-refractivity contribution in [1.29, 1.82) is 0 Å². The Balaban J connectivity index is 2.13. The lowest BCUT2D eigenvalue weighted by Crippen LogP contribution is -2.27. The summed E-state index contributed by atoms with van der Waals surface area (Å²) in [5.74, 6) is -0.938. The van der Waals surface area contributed by atoms with Crippen LogP contribution in [0.1, 0.15) is 28.4 Å². The number of nitrogens with zero attached hydrogens (tertiary/aromatic N) is 1. The van der Waals surface area contributed by atoms with Crippen LogP contribution in [0.2, 0.25) is 5.02 Å². The maximum atomic E-state index is 13.7. The fourth-order valence-electron chi connectivity index (χ4n) is 2.09. The van der Waals surface area contributed by atoms with Crippen LogP contribution in [-0.4, -0.2) is 17.9 Å². The Hall–Kier alpha value is -1.87. The molecule has 0 saturated heterocycles.